The first-order chi connectivity index (χ1) is 21.1. The molecule has 2 atom stereocenters. The Morgan fingerprint density at radius 2 is 1.82 bits per heavy atom. The van der Waals surface area contributed by atoms with Crippen molar-refractivity contribution in [2.24, 2.45) is 7.05 Å². The van der Waals surface area contributed by atoms with Crippen LogP contribution >= 0.6 is 23.2 Å². The summed E-state index contributed by atoms with van der Waals surface area (Å²) in [6, 6.07) is 11.5. The van der Waals surface area contributed by atoms with Gasteiger partial charge in [0, 0.05) is 49.2 Å². The van der Waals surface area contributed by atoms with Gasteiger partial charge in [0.2, 0.25) is 0 Å². The lowest BCUT2D eigenvalue weighted by molar-refractivity contribution is 0.0451. The van der Waals surface area contributed by atoms with Gasteiger partial charge in [-0.25, -0.2) is 9.18 Å². The third-order valence-electron chi connectivity index (χ3n) is 8.20. The lowest BCUT2D eigenvalue weighted by Crippen LogP contribution is -2.60. The molecule has 1 aromatic heterocycles. The van der Waals surface area contributed by atoms with Crippen LogP contribution in [0.5, 0.6) is 5.75 Å². The van der Waals surface area contributed by atoms with Crippen molar-refractivity contribution in [2.75, 3.05) is 32.4 Å². The van der Waals surface area contributed by atoms with E-state index in [1.165, 1.54) is 18.1 Å². The Kier molecular flexibility index (Phi) is 8.00. The van der Waals surface area contributed by atoms with Gasteiger partial charge in [-0.3, -0.25) is 9.48 Å². The van der Waals surface area contributed by atoms with Gasteiger partial charge in [-0.15, -0.1) is 0 Å². The zero-order valence-corrected chi connectivity index (χ0v) is 25.9. The van der Waals surface area contributed by atoms with Gasteiger partial charge < -0.3 is 24.0 Å². The summed E-state index contributed by atoms with van der Waals surface area (Å²) in [6.45, 7) is 2.60. The lowest BCUT2D eigenvalue weighted by Gasteiger charge is -2.47. The van der Waals surface area contributed by atoms with E-state index in [4.69, 9.17) is 37.4 Å². The summed E-state index contributed by atoms with van der Waals surface area (Å²) in [4.78, 5) is 29.7. The molecule has 4 aromatic rings. The molecule has 3 heterocycles. The normalized spacial score (nSPS) is 17.5. The Labute approximate surface area is 263 Å². The molecule has 2 aliphatic rings. The molecule has 1 saturated heterocycles. The number of halogens is 3. The molecule has 0 N–H and O–H groups in total. The van der Waals surface area contributed by atoms with E-state index in [1.54, 1.807) is 55.4 Å². The summed E-state index contributed by atoms with van der Waals surface area (Å²) in [7, 11) is 4.70. The molecule has 6 rings (SSSR count). The fourth-order valence-corrected chi connectivity index (χ4v) is 6.38. The van der Waals surface area contributed by atoms with Gasteiger partial charge in [-0.2, -0.15) is 5.10 Å². The molecule has 0 bridgehead atoms. The third kappa shape index (κ3) is 5.16. The van der Waals surface area contributed by atoms with E-state index in [2.05, 4.69) is 5.10 Å². The number of hydrogen-bond acceptors (Lipinski definition) is 7. The highest BCUT2D eigenvalue weighted by atomic mass is 35.5. The van der Waals surface area contributed by atoms with Gasteiger partial charge in [0.1, 0.15) is 11.6 Å². The highest BCUT2D eigenvalue weighted by Crippen LogP contribution is 2.42. The maximum absolute atomic E-state index is 15.7. The Morgan fingerprint density at radius 3 is 2.45 bits per heavy atom. The van der Waals surface area contributed by atoms with Crippen LogP contribution in [0.2, 0.25) is 10.0 Å². The largest absolute Gasteiger partial charge is 0.472 e. The van der Waals surface area contributed by atoms with Crippen LogP contribution in [0, 0.1) is 5.82 Å². The number of anilines is 1. The van der Waals surface area contributed by atoms with E-state index in [9.17, 15) is 9.59 Å². The highest BCUT2D eigenvalue weighted by molar-refractivity contribution is 6.40. The number of para-hydroxylation sites is 1. The Bertz CT molecular complexity index is 1770. The van der Waals surface area contributed by atoms with Crippen LogP contribution < -0.4 is 9.64 Å². The van der Waals surface area contributed by atoms with Crippen molar-refractivity contribution in [3.8, 4) is 28.0 Å². The second kappa shape index (κ2) is 11.8. The topological polar surface area (TPSA) is 86.1 Å². The molecule has 12 heteroatoms. The molecule has 0 radical (unpaired) electrons. The van der Waals surface area contributed by atoms with Crippen LogP contribution in [0.1, 0.15) is 33.2 Å². The monoisotopic (exact) mass is 638 g/mol. The fourth-order valence-electron chi connectivity index (χ4n) is 5.73. The minimum atomic E-state index is -0.634. The Morgan fingerprint density at radius 1 is 1.07 bits per heavy atom. The quantitative estimate of drug-likeness (QED) is 0.232. The molecule has 3 aromatic carbocycles. The average Bonchev–Trinajstić information content (AvgIpc) is 3.45. The number of aryl methyl sites for hydroxylation is 1. The smallest absolute Gasteiger partial charge is 0.340 e. The van der Waals surface area contributed by atoms with Crippen LogP contribution in [0.25, 0.3) is 22.3 Å². The zero-order chi connectivity index (χ0) is 31.3. The van der Waals surface area contributed by atoms with Crippen molar-refractivity contribution < 1.29 is 28.2 Å². The second-order valence-electron chi connectivity index (χ2n) is 10.8. The molecular weight excluding hydrogens is 610 g/mol. The summed E-state index contributed by atoms with van der Waals surface area (Å²) in [5, 5.41) is 4.58. The van der Waals surface area contributed by atoms with E-state index >= 15 is 4.39 Å². The van der Waals surface area contributed by atoms with Crippen molar-refractivity contribution in [2.45, 2.75) is 25.6 Å². The van der Waals surface area contributed by atoms with Gasteiger partial charge in [-0.1, -0.05) is 41.4 Å². The van der Waals surface area contributed by atoms with Crippen LogP contribution in [0.4, 0.5) is 10.1 Å². The van der Waals surface area contributed by atoms with E-state index in [0.29, 0.717) is 29.1 Å². The zero-order valence-electron chi connectivity index (χ0n) is 24.4. The maximum atomic E-state index is 15.7. The van der Waals surface area contributed by atoms with E-state index < -0.39 is 17.7 Å². The van der Waals surface area contributed by atoms with Gasteiger partial charge in [0.15, 0.2) is 6.73 Å². The van der Waals surface area contributed by atoms with E-state index in [-0.39, 0.29) is 52.2 Å². The number of hydrogen-bond donors (Lipinski definition) is 0. The third-order valence-corrected chi connectivity index (χ3v) is 8.80. The predicted octanol–water partition coefficient (Wildman–Crippen LogP) is 6.20. The van der Waals surface area contributed by atoms with Gasteiger partial charge in [0.25, 0.3) is 5.91 Å². The van der Waals surface area contributed by atoms with Crippen LogP contribution in [-0.2, 0) is 23.1 Å². The number of carbonyl (C=O) groups is 2. The summed E-state index contributed by atoms with van der Waals surface area (Å²) >= 11 is 13.1. The summed E-state index contributed by atoms with van der Waals surface area (Å²) in [5.74, 6) is -1.19. The van der Waals surface area contributed by atoms with Crippen molar-refractivity contribution in [3.63, 3.8) is 0 Å². The maximum Gasteiger partial charge on any atom is 0.340 e. The molecule has 0 aliphatic carbocycles. The highest BCUT2D eigenvalue weighted by Gasteiger charge is 2.38. The minimum Gasteiger partial charge on any atom is -0.472 e. The number of methoxy groups -OCH3 is 2. The van der Waals surface area contributed by atoms with Crippen LogP contribution in [0.15, 0.2) is 54.9 Å². The predicted molar refractivity (Wildman–Crippen MR) is 165 cm³/mol. The van der Waals surface area contributed by atoms with E-state index in [0.717, 1.165) is 11.1 Å². The van der Waals surface area contributed by atoms with Crippen LogP contribution in [-0.4, -0.2) is 66.2 Å². The molecule has 44 heavy (non-hydrogen) atoms. The van der Waals surface area contributed by atoms with Crippen molar-refractivity contribution in [1.82, 2.24) is 14.7 Å². The molecule has 0 saturated carbocycles. The second-order valence-corrected chi connectivity index (χ2v) is 11.6. The number of rotatable bonds is 6. The number of carbonyl (C=O) groups excluding carboxylic acids is 2. The number of ether oxygens (including phenoxy) is 3. The molecular formula is C32H29Cl2FN4O5. The summed E-state index contributed by atoms with van der Waals surface area (Å²) < 4.78 is 33.9. The van der Waals surface area contributed by atoms with E-state index in [1.807, 2.05) is 24.1 Å². The number of amides is 1. The molecule has 9 nitrogen and oxygen atoms in total. The first kappa shape index (κ1) is 29.9. The molecule has 1 fully saturated rings. The number of fused-ring (bicyclic) bond motifs is 1. The fraction of sp³-hybridized carbons (Fsp3) is 0.281. The standard InChI is InChI=1S/C32H29Cl2FN4O5/c1-17-28(42-3)15-39(17)27-11-22(26(35)10-23(27)32(41)43-4)21-7-5-6-18-14-38(16-44-30(18)21)31(40)29-24(33)8-19(9-25(29)34)20-12-36-37(2)13-20/h5-13,17,28H,14-16H2,1-4H3/t17-,28-/m0/s1. The Balaban J connectivity index is 1.31. The van der Waals surface area contributed by atoms with Gasteiger partial charge in [-0.05, 0) is 36.8 Å². The molecule has 1 amide bonds. The summed E-state index contributed by atoms with van der Waals surface area (Å²) in [5.41, 5.74) is 3.81. The lowest BCUT2D eigenvalue weighted by atomic mass is 9.93. The molecule has 0 spiro atoms. The molecule has 228 valence electrons. The number of nitrogens with zero attached hydrogens (tertiary/aromatic N) is 4. The number of esters is 1. The molecule has 2 aliphatic heterocycles. The van der Waals surface area contributed by atoms with Gasteiger partial charge in [0.05, 0.1) is 58.9 Å². The van der Waals surface area contributed by atoms with Gasteiger partial charge >= 0.3 is 5.97 Å². The number of aromatic nitrogens is 2. The van der Waals surface area contributed by atoms with Crippen LogP contribution in [0.3, 0.4) is 0 Å². The first-order valence-corrected chi connectivity index (χ1v) is 14.6. The average molecular weight is 640 g/mol. The SMILES string of the molecule is COC(=O)c1cc(F)c(-c2cccc3c2OCN(C(=O)c2c(Cl)cc(-c4cnn(C)c4)cc2Cl)C3)cc1N1C[C@H](OC)[C@@H]1C. The minimum absolute atomic E-state index is 0.0149. The number of benzene rings is 3. The van der Waals surface area contributed by atoms with Crippen molar-refractivity contribution in [3.05, 3.63) is 87.4 Å². The van der Waals surface area contributed by atoms with Crippen molar-refractivity contribution >= 4 is 40.8 Å². The first-order valence-electron chi connectivity index (χ1n) is 13.8. The van der Waals surface area contributed by atoms with Crippen molar-refractivity contribution in [1.29, 1.82) is 0 Å². The summed E-state index contributed by atoms with van der Waals surface area (Å²) in [6.07, 6.45) is 3.50. The molecule has 0 unspecified atom stereocenters. The Hall–Kier alpha value is -4.12.